The number of anilines is 1. The van der Waals surface area contributed by atoms with Gasteiger partial charge in [-0.1, -0.05) is 24.3 Å². The molecular weight excluding hydrogens is 469 g/mol. The van der Waals surface area contributed by atoms with Crippen LogP contribution in [0.15, 0.2) is 48.5 Å². The number of nitrogens with one attached hydrogen (secondary N) is 1. The highest BCUT2D eigenvalue weighted by molar-refractivity contribution is 5.91. The lowest BCUT2D eigenvalue weighted by atomic mass is 10.1. The maximum atomic E-state index is 14.1. The van der Waals surface area contributed by atoms with Gasteiger partial charge in [0.15, 0.2) is 0 Å². The Morgan fingerprint density at radius 3 is 2.58 bits per heavy atom. The fraction of sp³-hybridized carbons (Fsp3) is 0.308. The summed E-state index contributed by atoms with van der Waals surface area (Å²) in [6.45, 7) is 5.49. The Kier molecular flexibility index (Phi) is 9.15. The van der Waals surface area contributed by atoms with Crippen molar-refractivity contribution in [2.24, 2.45) is 0 Å². The Morgan fingerprint density at radius 1 is 1.08 bits per heavy atom. The Hall–Kier alpha value is -4.21. The van der Waals surface area contributed by atoms with E-state index in [4.69, 9.17) is 14.2 Å². The SMILES string of the molecule is CCOC(=O)OC(C)OC(=O)c1cccc(-c2cc(NCCc3c(C)cccc3F)nc(OC)n2)c1. The number of benzene rings is 2. The molecule has 0 fully saturated rings. The Balaban J connectivity index is 1.73. The molecule has 3 aromatic rings. The molecule has 9 nitrogen and oxygen atoms in total. The van der Waals surface area contributed by atoms with Crippen molar-refractivity contribution in [2.45, 2.75) is 33.5 Å². The largest absolute Gasteiger partial charge is 0.511 e. The Morgan fingerprint density at radius 2 is 1.86 bits per heavy atom. The smallest absolute Gasteiger partial charge is 0.467 e. The second-order valence-electron chi connectivity index (χ2n) is 7.69. The van der Waals surface area contributed by atoms with Crippen LogP contribution in [-0.2, 0) is 20.6 Å². The molecule has 0 aliphatic carbocycles. The van der Waals surface area contributed by atoms with Gasteiger partial charge in [-0.05, 0) is 49.6 Å². The Bertz CT molecular complexity index is 1200. The molecule has 1 heterocycles. The lowest BCUT2D eigenvalue weighted by Gasteiger charge is -2.14. The molecule has 1 unspecified atom stereocenters. The van der Waals surface area contributed by atoms with Crippen molar-refractivity contribution < 1.29 is 32.9 Å². The lowest BCUT2D eigenvalue weighted by molar-refractivity contribution is -0.0811. The van der Waals surface area contributed by atoms with Crippen molar-refractivity contribution in [1.82, 2.24) is 9.97 Å². The monoisotopic (exact) mass is 497 g/mol. The van der Waals surface area contributed by atoms with Crippen molar-refractivity contribution in [3.05, 3.63) is 71.0 Å². The van der Waals surface area contributed by atoms with Crippen molar-refractivity contribution in [1.29, 1.82) is 0 Å². The molecule has 0 saturated carbocycles. The summed E-state index contributed by atoms with van der Waals surface area (Å²) in [7, 11) is 1.45. The van der Waals surface area contributed by atoms with Crippen LogP contribution >= 0.6 is 0 Å². The molecular formula is C26H28FN3O6. The predicted molar refractivity (Wildman–Crippen MR) is 130 cm³/mol. The zero-order chi connectivity index (χ0) is 26.1. The van der Waals surface area contributed by atoms with Gasteiger partial charge in [-0.25, -0.2) is 14.0 Å². The van der Waals surface area contributed by atoms with Gasteiger partial charge in [-0.15, -0.1) is 0 Å². The zero-order valence-electron chi connectivity index (χ0n) is 20.5. The second-order valence-corrected chi connectivity index (χ2v) is 7.69. The Labute approximate surface area is 208 Å². The molecule has 0 saturated heterocycles. The van der Waals surface area contributed by atoms with Crippen LogP contribution in [-0.4, -0.2) is 48.6 Å². The minimum atomic E-state index is -1.13. The summed E-state index contributed by atoms with van der Waals surface area (Å²) in [4.78, 5) is 32.6. The molecule has 0 spiro atoms. The van der Waals surface area contributed by atoms with Crippen LogP contribution in [0.3, 0.4) is 0 Å². The van der Waals surface area contributed by atoms with Gasteiger partial charge in [-0.2, -0.15) is 9.97 Å². The van der Waals surface area contributed by atoms with Crippen LogP contribution in [0.2, 0.25) is 0 Å². The molecule has 10 heteroatoms. The average molecular weight is 498 g/mol. The van der Waals surface area contributed by atoms with Gasteiger partial charge in [0, 0.05) is 25.1 Å². The van der Waals surface area contributed by atoms with Crippen molar-refractivity contribution in [3.63, 3.8) is 0 Å². The number of aromatic nitrogens is 2. The molecule has 36 heavy (non-hydrogen) atoms. The number of hydrogen-bond donors (Lipinski definition) is 1. The minimum absolute atomic E-state index is 0.126. The first-order chi connectivity index (χ1) is 17.3. The lowest BCUT2D eigenvalue weighted by Crippen LogP contribution is -2.22. The highest BCUT2D eigenvalue weighted by Gasteiger charge is 2.17. The van der Waals surface area contributed by atoms with Gasteiger partial charge in [0.2, 0.25) is 6.29 Å². The van der Waals surface area contributed by atoms with E-state index in [0.717, 1.165) is 5.56 Å². The third-order valence-electron chi connectivity index (χ3n) is 5.11. The maximum Gasteiger partial charge on any atom is 0.511 e. The normalized spacial score (nSPS) is 11.4. The molecule has 0 aliphatic heterocycles. The van der Waals surface area contributed by atoms with E-state index in [2.05, 4.69) is 20.0 Å². The molecule has 1 atom stereocenters. The van der Waals surface area contributed by atoms with E-state index < -0.39 is 18.4 Å². The molecule has 3 rings (SSSR count). The molecule has 2 aromatic carbocycles. The van der Waals surface area contributed by atoms with Gasteiger partial charge in [0.05, 0.1) is 25.0 Å². The fourth-order valence-electron chi connectivity index (χ4n) is 3.39. The van der Waals surface area contributed by atoms with Crippen molar-refractivity contribution >= 4 is 17.9 Å². The summed E-state index contributed by atoms with van der Waals surface area (Å²) in [6.07, 6.45) is -1.59. The summed E-state index contributed by atoms with van der Waals surface area (Å²) >= 11 is 0. The van der Waals surface area contributed by atoms with Gasteiger partial charge in [0.1, 0.15) is 11.6 Å². The number of rotatable bonds is 10. The number of nitrogens with zero attached hydrogens (tertiary/aromatic N) is 2. The number of carbonyl (C=O) groups is 2. The number of methoxy groups -OCH3 is 1. The predicted octanol–water partition coefficient (Wildman–Crippen LogP) is 4.93. The van der Waals surface area contributed by atoms with Gasteiger partial charge in [-0.3, -0.25) is 0 Å². The first-order valence-corrected chi connectivity index (χ1v) is 11.4. The minimum Gasteiger partial charge on any atom is -0.467 e. The zero-order valence-corrected chi connectivity index (χ0v) is 20.5. The summed E-state index contributed by atoms with van der Waals surface area (Å²) in [5.74, 6) is -0.452. The van der Waals surface area contributed by atoms with E-state index in [0.29, 0.717) is 35.6 Å². The molecule has 1 aromatic heterocycles. The van der Waals surface area contributed by atoms with Crippen LogP contribution in [0.4, 0.5) is 15.0 Å². The van der Waals surface area contributed by atoms with Crippen LogP contribution < -0.4 is 10.1 Å². The van der Waals surface area contributed by atoms with Crippen molar-refractivity contribution in [2.75, 3.05) is 25.6 Å². The molecule has 0 amide bonds. The van der Waals surface area contributed by atoms with Crippen LogP contribution in [0, 0.1) is 12.7 Å². The highest BCUT2D eigenvalue weighted by Crippen LogP contribution is 2.24. The van der Waals surface area contributed by atoms with E-state index in [1.54, 1.807) is 43.3 Å². The first-order valence-electron chi connectivity index (χ1n) is 11.4. The number of ether oxygens (including phenoxy) is 4. The van der Waals surface area contributed by atoms with Crippen LogP contribution in [0.1, 0.15) is 35.3 Å². The molecule has 0 radical (unpaired) electrons. The number of carbonyl (C=O) groups excluding carboxylic acids is 2. The topological polar surface area (TPSA) is 109 Å². The average Bonchev–Trinajstić information content (AvgIpc) is 2.85. The summed E-state index contributed by atoms with van der Waals surface area (Å²) in [6, 6.07) is 13.4. The van der Waals surface area contributed by atoms with Gasteiger partial charge < -0.3 is 24.3 Å². The van der Waals surface area contributed by atoms with E-state index in [9.17, 15) is 14.0 Å². The standard InChI is InChI=1S/C26H28FN3O6/c1-5-34-26(32)36-17(3)35-24(31)19-10-7-9-18(14-19)22-15-23(30-25(29-22)33-4)28-13-12-20-16(2)8-6-11-21(20)27/h6-11,14-15,17H,5,12-13H2,1-4H3,(H,28,29,30). The molecule has 190 valence electrons. The number of halogens is 1. The summed E-state index contributed by atoms with van der Waals surface area (Å²) in [5, 5.41) is 3.17. The van der Waals surface area contributed by atoms with E-state index in [-0.39, 0.29) is 24.0 Å². The van der Waals surface area contributed by atoms with Crippen LogP contribution in [0.25, 0.3) is 11.3 Å². The van der Waals surface area contributed by atoms with Crippen LogP contribution in [0.5, 0.6) is 6.01 Å². The fourth-order valence-corrected chi connectivity index (χ4v) is 3.39. The van der Waals surface area contributed by atoms with E-state index in [1.165, 1.54) is 20.1 Å². The molecule has 0 bridgehead atoms. The summed E-state index contributed by atoms with van der Waals surface area (Å²) in [5.41, 5.74) is 2.85. The summed E-state index contributed by atoms with van der Waals surface area (Å²) < 4.78 is 34.0. The number of esters is 1. The quantitative estimate of drug-likeness (QED) is 0.308. The second kappa shape index (κ2) is 12.5. The number of hydrogen-bond acceptors (Lipinski definition) is 9. The molecule has 1 N–H and O–H groups in total. The van der Waals surface area contributed by atoms with E-state index >= 15 is 0 Å². The van der Waals surface area contributed by atoms with Crippen molar-refractivity contribution in [3.8, 4) is 17.3 Å². The third kappa shape index (κ3) is 7.14. The maximum absolute atomic E-state index is 14.1. The van der Waals surface area contributed by atoms with E-state index in [1.807, 2.05) is 13.0 Å². The van der Waals surface area contributed by atoms with Gasteiger partial charge >= 0.3 is 18.1 Å². The number of aryl methyl sites for hydroxylation is 1. The molecule has 0 aliphatic rings. The highest BCUT2D eigenvalue weighted by atomic mass is 19.1. The first kappa shape index (κ1) is 26.4. The van der Waals surface area contributed by atoms with Gasteiger partial charge in [0.25, 0.3) is 0 Å². The third-order valence-corrected chi connectivity index (χ3v) is 5.11.